The summed E-state index contributed by atoms with van der Waals surface area (Å²) in [5, 5.41) is 9.75. The van der Waals surface area contributed by atoms with Gasteiger partial charge in [0.1, 0.15) is 0 Å². The van der Waals surface area contributed by atoms with E-state index in [1.165, 1.54) is 0 Å². The van der Waals surface area contributed by atoms with E-state index < -0.39 is 5.60 Å². The molecule has 4 heteroatoms. The normalized spacial score (nSPS) is 22.5. The topological polar surface area (TPSA) is 66.6 Å². The van der Waals surface area contributed by atoms with Gasteiger partial charge in [-0.3, -0.25) is 4.79 Å². The Morgan fingerprint density at radius 1 is 1.53 bits per heavy atom. The molecule has 1 heterocycles. The molecule has 1 fully saturated rings. The van der Waals surface area contributed by atoms with Gasteiger partial charge in [-0.15, -0.1) is 0 Å². The zero-order chi connectivity index (χ0) is 11.5. The van der Waals surface area contributed by atoms with Crippen LogP contribution in [-0.4, -0.2) is 40.6 Å². The van der Waals surface area contributed by atoms with Crippen LogP contribution in [0.1, 0.15) is 39.5 Å². The highest BCUT2D eigenvalue weighted by Crippen LogP contribution is 2.21. The summed E-state index contributed by atoms with van der Waals surface area (Å²) in [6.07, 6.45) is 2.97. The maximum Gasteiger partial charge on any atom is 0.239 e. The number of carbonyl (C=O) groups excluding carboxylic acids is 1. The van der Waals surface area contributed by atoms with E-state index in [0.29, 0.717) is 25.9 Å². The smallest absolute Gasteiger partial charge is 0.239 e. The van der Waals surface area contributed by atoms with Gasteiger partial charge in [-0.1, -0.05) is 13.3 Å². The first kappa shape index (κ1) is 12.5. The van der Waals surface area contributed by atoms with E-state index in [2.05, 4.69) is 0 Å². The van der Waals surface area contributed by atoms with Gasteiger partial charge in [0.05, 0.1) is 11.6 Å². The van der Waals surface area contributed by atoms with Gasteiger partial charge in [0.2, 0.25) is 5.91 Å². The predicted octanol–water partition coefficient (Wildman–Crippen LogP) is 0.487. The molecule has 1 aliphatic heterocycles. The molecule has 1 amide bonds. The van der Waals surface area contributed by atoms with E-state index in [1.54, 1.807) is 4.90 Å². The summed E-state index contributed by atoms with van der Waals surface area (Å²) in [4.78, 5) is 13.6. The van der Waals surface area contributed by atoms with Gasteiger partial charge >= 0.3 is 0 Å². The van der Waals surface area contributed by atoms with Crippen LogP contribution >= 0.6 is 0 Å². The van der Waals surface area contributed by atoms with Crippen LogP contribution < -0.4 is 5.73 Å². The molecular formula is C11H22N2O2. The highest BCUT2D eigenvalue weighted by atomic mass is 16.3. The molecule has 0 radical (unpaired) electrons. The first-order valence-corrected chi connectivity index (χ1v) is 5.73. The first-order valence-electron chi connectivity index (χ1n) is 5.73. The highest BCUT2D eigenvalue weighted by Gasteiger charge is 2.31. The maximum absolute atomic E-state index is 11.8. The Bertz CT molecular complexity index is 219. The van der Waals surface area contributed by atoms with Crippen LogP contribution in [0.25, 0.3) is 0 Å². The third-order valence-electron chi connectivity index (χ3n) is 3.07. The number of nitrogens with zero attached hydrogens (tertiary/aromatic N) is 1. The number of nitrogens with two attached hydrogens (primary N) is 1. The fourth-order valence-corrected chi connectivity index (χ4v) is 1.88. The monoisotopic (exact) mass is 214 g/mol. The van der Waals surface area contributed by atoms with E-state index in [-0.39, 0.29) is 11.9 Å². The number of amides is 1. The van der Waals surface area contributed by atoms with Crippen molar-refractivity contribution in [3.63, 3.8) is 0 Å². The molecule has 0 bridgehead atoms. The molecule has 0 spiro atoms. The maximum atomic E-state index is 11.8. The number of piperidine rings is 1. The average Bonchev–Trinajstić information content (AvgIpc) is 2.17. The Kier molecular flexibility index (Phi) is 4.11. The van der Waals surface area contributed by atoms with Crippen molar-refractivity contribution in [3.8, 4) is 0 Å². The summed E-state index contributed by atoms with van der Waals surface area (Å²) >= 11 is 0. The number of carbonyl (C=O) groups is 1. The molecule has 0 saturated carbocycles. The molecule has 15 heavy (non-hydrogen) atoms. The largest absolute Gasteiger partial charge is 0.390 e. The summed E-state index contributed by atoms with van der Waals surface area (Å²) < 4.78 is 0. The van der Waals surface area contributed by atoms with Gasteiger partial charge in [0, 0.05) is 13.1 Å². The van der Waals surface area contributed by atoms with E-state index in [9.17, 15) is 9.90 Å². The zero-order valence-corrected chi connectivity index (χ0v) is 9.70. The summed E-state index contributed by atoms with van der Waals surface area (Å²) in [5.74, 6) is 0.0346. The SMILES string of the molecule is CCC[C@H](N)C(=O)N1CCC(C)(O)CC1. The molecule has 0 aromatic carbocycles. The Morgan fingerprint density at radius 2 is 2.07 bits per heavy atom. The van der Waals surface area contributed by atoms with Crippen molar-refractivity contribution in [1.82, 2.24) is 4.90 Å². The Morgan fingerprint density at radius 3 is 2.53 bits per heavy atom. The van der Waals surface area contributed by atoms with Gasteiger partial charge in [0.25, 0.3) is 0 Å². The fourth-order valence-electron chi connectivity index (χ4n) is 1.88. The minimum Gasteiger partial charge on any atom is -0.390 e. The lowest BCUT2D eigenvalue weighted by Crippen LogP contribution is -2.50. The second-order valence-corrected chi connectivity index (χ2v) is 4.72. The number of likely N-dealkylation sites (tertiary alicyclic amines) is 1. The minimum absolute atomic E-state index is 0.0346. The molecule has 0 aliphatic carbocycles. The Labute approximate surface area is 91.4 Å². The van der Waals surface area contributed by atoms with Crippen molar-refractivity contribution in [2.75, 3.05) is 13.1 Å². The summed E-state index contributed by atoms with van der Waals surface area (Å²) in [6.45, 7) is 5.10. The minimum atomic E-state index is -0.606. The van der Waals surface area contributed by atoms with E-state index in [1.807, 2.05) is 13.8 Å². The lowest BCUT2D eigenvalue weighted by Gasteiger charge is -2.36. The van der Waals surface area contributed by atoms with Crippen LogP contribution in [0.3, 0.4) is 0 Å². The van der Waals surface area contributed by atoms with Crippen molar-refractivity contribution in [2.24, 2.45) is 5.73 Å². The van der Waals surface area contributed by atoms with Crippen LogP contribution in [-0.2, 0) is 4.79 Å². The molecule has 1 saturated heterocycles. The van der Waals surface area contributed by atoms with Crippen LogP contribution in [0.15, 0.2) is 0 Å². The third-order valence-corrected chi connectivity index (χ3v) is 3.07. The highest BCUT2D eigenvalue weighted by molar-refractivity contribution is 5.81. The average molecular weight is 214 g/mol. The standard InChI is InChI=1S/C11H22N2O2/c1-3-4-9(12)10(14)13-7-5-11(2,15)6-8-13/h9,15H,3-8,12H2,1-2H3/t9-/m0/s1. The molecule has 0 unspecified atom stereocenters. The summed E-state index contributed by atoms with van der Waals surface area (Å²) in [7, 11) is 0. The van der Waals surface area contributed by atoms with E-state index in [4.69, 9.17) is 5.73 Å². The third kappa shape index (κ3) is 3.47. The van der Waals surface area contributed by atoms with Crippen molar-refractivity contribution in [3.05, 3.63) is 0 Å². The summed E-state index contributed by atoms with van der Waals surface area (Å²) in [6, 6.07) is -0.363. The molecule has 88 valence electrons. The summed E-state index contributed by atoms with van der Waals surface area (Å²) in [5.41, 5.74) is 5.17. The molecule has 0 aromatic heterocycles. The lowest BCUT2D eigenvalue weighted by molar-refractivity contribution is -0.136. The molecule has 0 aromatic rings. The number of hydrogen-bond acceptors (Lipinski definition) is 3. The van der Waals surface area contributed by atoms with Gasteiger partial charge < -0.3 is 15.7 Å². The quantitative estimate of drug-likeness (QED) is 0.718. The van der Waals surface area contributed by atoms with Crippen molar-refractivity contribution in [2.45, 2.75) is 51.2 Å². The number of hydrogen-bond donors (Lipinski definition) is 2. The van der Waals surface area contributed by atoms with Gasteiger partial charge in [-0.2, -0.15) is 0 Å². The van der Waals surface area contributed by atoms with Crippen molar-refractivity contribution in [1.29, 1.82) is 0 Å². The van der Waals surface area contributed by atoms with Crippen molar-refractivity contribution < 1.29 is 9.90 Å². The number of rotatable bonds is 3. The van der Waals surface area contributed by atoms with E-state index >= 15 is 0 Å². The second-order valence-electron chi connectivity index (χ2n) is 4.72. The molecule has 1 aliphatic rings. The zero-order valence-electron chi connectivity index (χ0n) is 9.70. The van der Waals surface area contributed by atoms with Gasteiger partial charge in [-0.25, -0.2) is 0 Å². The van der Waals surface area contributed by atoms with E-state index in [0.717, 1.165) is 12.8 Å². The second kappa shape index (κ2) is 4.94. The van der Waals surface area contributed by atoms with Crippen LogP contribution in [0.5, 0.6) is 0 Å². The molecule has 1 atom stereocenters. The predicted molar refractivity (Wildman–Crippen MR) is 59.3 cm³/mol. The fraction of sp³-hybridized carbons (Fsp3) is 0.909. The van der Waals surface area contributed by atoms with Gasteiger partial charge in [-0.05, 0) is 26.2 Å². The van der Waals surface area contributed by atoms with Gasteiger partial charge in [0.15, 0.2) is 0 Å². The molecule has 1 rings (SSSR count). The molecule has 3 N–H and O–H groups in total. The van der Waals surface area contributed by atoms with Crippen molar-refractivity contribution >= 4 is 5.91 Å². The van der Waals surface area contributed by atoms with Crippen LogP contribution in [0.4, 0.5) is 0 Å². The Hall–Kier alpha value is -0.610. The van der Waals surface area contributed by atoms with Crippen LogP contribution in [0.2, 0.25) is 0 Å². The Balaban J connectivity index is 2.42. The molecule has 4 nitrogen and oxygen atoms in total. The first-order chi connectivity index (χ1) is 6.96. The number of aliphatic hydroxyl groups is 1. The molecular weight excluding hydrogens is 192 g/mol. The lowest BCUT2D eigenvalue weighted by atomic mass is 9.93. The van der Waals surface area contributed by atoms with Crippen LogP contribution in [0, 0.1) is 0 Å².